The molecule has 1 aliphatic heterocycles. The zero-order valence-corrected chi connectivity index (χ0v) is 16.3. The van der Waals surface area contributed by atoms with Crippen molar-refractivity contribution < 1.29 is 24.2 Å². The molecule has 0 aromatic carbocycles. The van der Waals surface area contributed by atoms with Crippen molar-refractivity contribution in [1.82, 2.24) is 15.5 Å². The zero-order chi connectivity index (χ0) is 19.7. The van der Waals surface area contributed by atoms with Crippen molar-refractivity contribution in [1.29, 1.82) is 0 Å². The van der Waals surface area contributed by atoms with Crippen molar-refractivity contribution in [3.63, 3.8) is 0 Å². The molecule has 0 radical (unpaired) electrons. The van der Waals surface area contributed by atoms with Crippen LogP contribution in [0.1, 0.15) is 57.8 Å². The number of methoxy groups -OCH3 is 1. The minimum absolute atomic E-state index is 0.0640. The number of urea groups is 1. The number of carboxylic acid groups (broad SMARTS) is 1. The molecule has 0 bridgehead atoms. The first-order chi connectivity index (χ1) is 13.0. The van der Waals surface area contributed by atoms with Gasteiger partial charge in [0.1, 0.15) is 5.41 Å². The minimum Gasteiger partial charge on any atom is -0.481 e. The Hall–Kier alpha value is -1.83. The third kappa shape index (κ3) is 6.37. The van der Waals surface area contributed by atoms with E-state index in [9.17, 15) is 19.5 Å². The van der Waals surface area contributed by atoms with Crippen LogP contribution in [0, 0.1) is 5.41 Å². The molecule has 8 heteroatoms. The van der Waals surface area contributed by atoms with E-state index in [1.807, 2.05) is 0 Å². The second kappa shape index (κ2) is 10.5. The number of carbonyl (C=O) groups excluding carboxylic acids is 2. The summed E-state index contributed by atoms with van der Waals surface area (Å²) in [6, 6.07) is 0.0935. The number of carbonyl (C=O) groups is 3. The van der Waals surface area contributed by atoms with E-state index < -0.39 is 11.4 Å². The van der Waals surface area contributed by atoms with Crippen LogP contribution in [0.5, 0.6) is 0 Å². The van der Waals surface area contributed by atoms with Gasteiger partial charge in [-0.05, 0) is 32.1 Å². The molecule has 2 rings (SSSR count). The number of hydrogen-bond acceptors (Lipinski definition) is 4. The number of piperidine rings is 1. The lowest BCUT2D eigenvalue weighted by Gasteiger charge is -2.39. The SMILES string of the molecule is COCC1(C(=O)O)CCCN(C(=O)CCCNC(=O)NC2CCCCC2)C1. The van der Waals surface area contributed by atoms with Crippen LogP contribution in [-0.2, 0) is 14.3 Å². The summed E-state index contributed by atoms with van der Waals surface area (Å²) in [5.74, 6) is -0.978. The fourth-order valence-electron chi connectivity index (χ4n) is 4.06. The second-order valence-corrected chi connectivity index (χ2v) is 7.78. The molecule has 0 aromatic heterocycles. The maximum Gasteiger partial charge on any atom is 0.315 e. The van der Waals surface area contributed by atoms with Crippen LogP contribution in [0.3, 0.4) is 0 Å². The van der Waals surface area contributed by atoms with Gasteiger partial charge in [0.2, 0.25) is 5.91 Å². The summed E-state index contributed by atoms with van der Waals surface area (Å²) in [5.41, 5.74) is -1.01. The number of ether oxygens (including phenoxy) is 1. The highest BCUT2D eigenvalue weighted by molar-refractivity contribution is 5.80. The highest BCUT2D eigenvalue weighted by Crippen LogP contribution is 2.31. The Morgan fingerprint density at radius 3 is 2.59 bits per heavy atom. The Morgan fingerprint density at radius 2 is 1.93 bits per heavy atom. The molecule has 0 aromatic rings. The van der Waals surface area contributed by atoms with Gasteiger partial charge >= 0.3 is 12.0 Å². The van der Waals surface area contributed by atoms with Crippen molar-refractivity contribution in [3.8, 4) is 0 Å². The largest absolute Gasteiger partial charge is 0.481 e. The molecule has 8 nitrogen and oxygen atoms in total. The number of rotatable bonds is 8. The summed E-state index contributed by atoms with van der Waals surface area (Å²) in [4.78, 5) is 37.6. The van der Waals surface area contributed by atoms with Crippen LogP contribution in [0.15, 0.2) is 0 Å². The molecular formula is C19H33N3O5. The topological polar surface area (TPSA) is 108 Å². The molecule has 27 heavy (non-hydrogen) atoms. The highest BCUT2D eigenvalue weighted by Gasteiger charge is 2.43. The summed E-state index contributed by atoms with van der Waals surface area (Å²) in [7, 11) is 1.48. The lowest BCUT2D eigenvalue weighted by molar-refractivity contribution is -0.159. The van der Waals surface area contributed by atoms with E-state index in [4.69, 9.17) is 4.74 Å². The van der Waals surface area contributed by atoms with Crippen molar-refractivity contribution in [2.45, 2.75) is 63.8 Å². The first-order valence-corrected chi connectivity index (χ1v) is 10.0. The average molecular weight is 383 g/mol. The molecule has 1 aliphatic carbocycles. The monoisotopic (exact) mass is 383 g/mol. The molecule has 3 amide bonds. The van der Waals surface area contributed by atoms with Gasteiger partial charge < -0.3 is 25.4 Å². The smallest absolute Gasteiger partial charge is 0.315 e. The van der Waals surface area contributed by atoms with E-state index in [0.29, 0.717) is 38.8 Å². The van der Waals surface area contributed by atoms with Crippen LogP contribution >= 0.6 is 0 Å². The number of hydrogen-bond donors (Lipinski definition) is 3. The second-order valence-electron chi connectivity index (χ2n) is 7.78. The lowest BCUT2D eigenvalue weighted by atomic mass is 9.80. The fourth-order valence-corrected chi connectivity index (χ4v) is 4.06. The van der Waals surface area contributed by atoms with E-state index in [1.54, 1.807) is 4.90 Å². The third-order valence-corrected chi connectivity index (χ3v) is 5.60. The standard InChI is InChI=1S/C19H33N3O5/c1-27-14-19(17(24)25)10-6-12-22(13-19)16(23)9-5-11-20-18(26)21-15-7-3-2-4-8-15/h15H,2-14H2,1H3,(H,24,25)(H2,20,21,26). The number of nitrogens with one attached hydrogen (secondary N) is 2. The molecule has 1 saturated carbocycles. The van der Waals surface area contributed by atoms with Crippen LogP contribution < -0.4 is 10.6 Å². The quantitative estimate of drug-likeness (QED) is 0.553. The normalized spacial score (nSPS) is 23.7. The summed E-state index contributed by atoms with van der Waals surface area (Å²) in [5, 5.41) is 15.3. The van der Waals surface area contributed by atoms with Gasteiger partial charge in [-0.25, -0.2) is 4.79 Å². The number of likely N-dealkylation sites (tertiary alicyclic amines) is 1. The van der Waals surface area contributed by atoms with Crippen LogP contribution in [0.4, 0.5) is 4.79 Å². The van der Waals surface area contributed by atoms with Crippen molar-refractivity contribution in [2.75, 3.05) is 33.4 Å². The molecule has 2 aliphatic rings. The Morgan fingerprint density at radius 1 is 1.19 bits per heavy atom. The Kier molecular flexibility index (Phi) is 8.34. The van der Waals surface area contributed by atoms with Gasteiger partial charge in [-0.15, -0.1) is 0 Å². The zero-order valence-electron chi connectivity index (χ0n) is 16.3. The molecule has 0 spiro atoms. The van der Waals surface area contributed by atoms with Crippen LogP contribution in [-0.4, -0.2) is 67.3 Å². The highest BCUT2D eigenvalue weighted by atomic mass is 16.5. The Bertz CT molecular complexity index is 517. The van der Waals surface area contributed by atoms with Gasteiger partial charge in [0.05, 0.1) is 6.61 Å². The van der Waals surface area contributed by atoms with Crippen molar-refractivity contribution in [3.05, 3.63) is 0 Å². The molecule has 3 N–H and O–H groups in total. The van der Waals surface area contributed by atoms with Crippen LogP contribution in [0.2, 0.25) is 0 Å². The molecule has 1 heterocycles. The van der Waals surface area contributed by atoms with Gasteiger partial charge in [0, 0.05) is 39.2 Å². The predicted octanol–water partition coefficient (Wildman–Crippen LogP) is 1.74. The lowest BCUT2D eigenvalue weighted by Crippen LogP contribution is -2.52. The molecule has 1 saturated heterocycles. The number of aliphatic carboxylic acids is 1. The molecule has 1 atom stereocenters. The van der Waals surface area contributed by atoms with Crippen molar-refractivity contribution in [2.24, 2.45) is 5.41 Å². The maximum absolute atomic E-state index is 12.4. The van der Waals surface area contributed by atoms with E-state index in [-0.39, 0.29) is 31.1 Å². The van der Waals surface area contributed by atoms with Gasteiger partial charge in [0.15, 0.2) is 0 Å². The van der Waals surface area contributed by atoms with Gasteiger partial charge in [0.25, 0.3) is 0 Å². The van der Waals surface area contributed by atoms with Gasteiger partial charge in [-0.2, -0.15) is 0 Å². The summed E-state index contributed by atoms with van der Waals surface area (Å²) in [6.45, 7) is 1.30. The number of amides is 3. The summed E-state index contributed by atoms with van der Waals surface area (Å²) in [6.07, 6.45) is 7.65. The predicted molar refractivity (Wildman–Crippen MR) is 100 cm³/mol. The molecular weight excluding hydrogens is 350 g/mol. The third-order valence-electron chi connectivity index (χ3n) is 5.60. The van der Waals surface area contributed by atoms with E-state index >= 15 is 0 Å². The van der Waals surface area contributed by atoms with Crippen LogP contribution in [0.25, 0.3) is 0 Å². The van der Waals surface area contributed by atoms with Gasteiger partial charge in [-0.3, -0.25) is 9.59 Å². The molecule has 154 valence electrons. The van der Waals surface area contributed by atoms with E-state index in [1.165, 1.54) is 13.5 Å². The molecule has 2 fully saturated rings. The summed E-state index contributed by atoms with van der Waals surface area (Å²) < 4.78 is 5.09. The first-order valence-electron chi connectivity index (χ1n) is 10.0. The number of carboxylic acids is 1. The maximum atomic E-state index is 12.4. The average Bonchev–Trinajstić information content (AvgIpc) is 2.66. The summed E-state index contributed by atoms with van der Waals surface area (Å²) >= 11 is 0. The fraction of sp³-hybridized carbons (Fsp3) is 0.842. The van der Waals surface area contributed by atoms with Gasteiger partial charge in [-0.1, -0.05) is 19.3 Å². The minimum atomic E-state index is -1.01. The van der Waals surface area contributed by atoms with E-state index in [2.05, 4.69) is 10.6 Å². The molecule has 1 unspecified atom stereocenters. The Labute approximate surface area is 161 Å². The van der Waals surface area contributed by atoms with Crippen molar-refractivity contribution >= 4 is 17.9 Å². The number of nitrogens with zero attached hydrogens (tertiary/aromatic N) is 1. The Balaban J connectivity index is 1.68. The first kappa shape index (κ1) is 21.5. The van der Waals surface area contributed by atoms with E-state index in [0.717, 1.165) is 25.7 Å².